The molecule has 0 unspecified atom stereocenters. The molecule has 1 fully saturated rings. The van der Waals surface area contributed by atoms with Crippen LogP contribution in [0.2, 0.25) is 0 Å². The molecule has 2 heterocycles. The fourth-order valence-electron chi connectivity index (χ4n) is 1.91. The van der Waals surface area contributed by atoms with E-state index in [4.69, 9.17) is 9.15 Å². The van der Waals surface area contributed by atoms with Crippen molar-refractivity contribution in [3.05, 3.63) is 23.7 Å². The Hall–Kier alpha value is -1.09. The van der Waals surface area contributed by atoms with Gasteiger partial charge in [0.1, 0.15) is 5.76 Å². The van der Waals surface area contributed by atoms with Gasteiger partial charge < -0.3 is 9.15 Å². The van der Waals surface area contributed by atoms with E-state index in [1.54, 1.807) is 6.07 Å². The van der Waals surface area contributed by atoms with Crippen LogP contribution in [0.4, 0.5) is 0 Å². The highest BCUT2D eigenvalue weighted by Crippen LogP contribution is 2.21. The summed E-state index contributed by atoms with van der Waals surface area (Å²) in [5.41, 5.74) is 0. The van der Waals surface area contributed by atoms with E-state index in [1.165, 1.54) is 6.92 Å². The van der Waals surface area contributed by atoms with Crippen molar-refractivity contribution < 1.29 is 13.9 Å². The Morgan fingerprint density at radius 2 is 2.13 bits per heavy atom. The van der Waals surface area contributed by atoms with Crippen molar-refractivity contribution in [1.29, 1.82) is 0 Å². The summed E-state index contributed by atoms with van der Waals surface area (Å²) < 4.78 is 10.8. The Bertz CT molecular complexity index is 334. The number of carbonyl (C=O) groups is 1. The van der Waals surface area contributed by atoms with Crippen LogP contribution in [-0.4, -0.2) is 19.0 Å². The predicted molar refractivity (Wildman–Crippen MR) is 56.0 cm³/mol. The lowest BCUT2D eigenvalue weighted by Crippen LogP contribution is -2.17. The van der Waals surface area contributed by atoms with Gasteiger partial charge in [-0.05, 0) is 30.9 Å². The molecule has 0 N–H and O–H groups in total. The van der Waals surface area contributed by atoms with Crippen molar-refractivity contribution in [1.82, 2.24) is 0 Å². The Kier molecular flexibility index (Phi) is 3.21. The minimum atomic E-state index is -0.00627. The average Bonchev–Trinajstić information content (AvgIpc) is 2.68. The first-order valence-corrected chi connectivity index (χ1v) is 5.43. The fourth-order valence-corrected chi connectivity index (χ4v) is 1.91. The summed E-state index contributed by atoms with van der Waals surface area (Å²) in [5.74, 6) is 2.03. The van der Waals surface area contributed by atoms with Crippen molar-refractivity contribution >= 4 is 5.78 Å². The Labute approximate surface area is 89.4 Å². The van der Waals surface area contributed by atoms with Gasteiger partial charge in [-0.3, -0.25) is 4.79 Å². The van der Waals surface area contributed by atoms with Crippen LogP contribution in [0.25, 0.3) is 0 Å². The molecule has 3 nitrogen and oxygen atoms in total. The monoisotopic (exact) mass is 208 g/mol. The lowest BCUT2D eigenvalue weighted by atomic mass is 9.95. The number of carbonyl (C=O) groups excluding carboxylic acids is 1. The molecule has 82 valence electrons. The first-order valence-electron chi connectivity index (χ1n) is 5.43. The van der Waals surface area contributed by atoms with E-state index in [0.29, 0.717) is 11.7 Å². The van der Waals surface area contributed by atoms with Crippen molar-refractivity contribution in [2.24, 2.45) is 5.92 Å². The second kappa shape index (κ2) is 4.62. The van der Waals surface area contributed by atoms with Crippen LogP contribution in [0, 0.1) is 5.92 Å². The molecule has 15 heavy (non-hydrogen) atoms. The van der Waals surface area contributed by atoms with Gasteiger partial charge in [-0.25, -0.2) is 0 Å². The maximum absolute atomic E-state index is 11.0. The molecule has 0 radical (unpaired) electrons. The molecular formula is C12H16O3. The average molecular weight is 208 g/mol. The van der Waals surface area contributed by atoms with E-state index in [2.05, 4.69) is 0 Å². The Balaban J connectivity index is 1.94. The molecule has 0 aliphatic carbocycles. The first-order chi connectivity index (χ1) is 7.25. The van der Waals surface area contributed by atoms with Gasteiger partial charge >= 0.3 is 0 Å². The molecule has 1 aliphatic rings. The fraction of sp³-hybridized carbons (Fsp3) is 0.583. The third kappa shape index (κ3) is 2.69. The molecule has 2 rings (SSSR count). The standard InChI is InChI=1S/C12H16O3/c1-9(13)12-3-2-11(15-12)8-10-4-6-14-7-5-10/h2-3,10H,4-8H2,1H3. The third-order valence-electron chi connectivity index (χ3n) is 2.84. The van der Waals surface area contributed by atoms with E-state index >= 15 is 0 Å². The maximum atomic E-state index is 11.0. The number of ketones is 1. The van der Waals surface area contributed by atoms with Crippen LogP contribution in [0.1, 0.15) is 36.1 Å². The molecule has 0 saturated carbocycles. The lowest BCUT2D eigenvalue weighted by molar-refractivity contribution is 0.0648. The minimum absolute atomic E-state index is 0.00627. The Morgan fingerprint density at radius 3 is 2.73 bits per heavy atom. The molecule has 0 aromatic carbocycles. The van der Waals surface area contributed by atoms with Gasteiger partial charge in [0, 0.05) is 26.6 Å². The van der Waals surface area contributed by atoms with Crippen LogP contribution in [0.3, 0.4) is 0 Å². The van der Waals surface area contributed by atoms with Gasteiger partial charge in [0.15, 0.2) is 11.5 Å². The number of ether oxygens (including phenoxy) is 1. The highest BCUT2D eigenvalue weighted by molar-refractivity contribution is 5.91. The molecule has 0 atom stereocenters. The van der Waals surface area contributed by atoms with Gasteiger partial charge in [-0.1, -0.05) is 0 Å². The summed E-state index contributed by atoms with van der Waals surface area (Å²) in [6, 6.07) is 3.67. The second-order valence-corrected chi connectivity index (χ2v) is 4.08. The third-order valence-corrected chi connectivity index (χ3v) is 2.84. The molecule has 3 heteroatoms. The quantitative estimate of drug-likeness (QED) is 0.716. The summed E-state index contributed by atoms with van der Waals surface area (Å²) in [4.78, 5) is 11.0. The second-order valence-electron chi connectivity index (χ2n) is 4.08. The van der Waals surface area contributed by atoms with E-state index in [1.807, 2.05) is 6.07 Å². The zero-order valence-electron chi connectivity index (χ0n) is 8.99. The molecule has 1 aliphatic heterocycles. The number of hydrogen-bond acceptors (Lipinski definition) is 3. The summed E-state index contributed by atoms with van der Waals surface area (Å²) in [6.45, 7) is 3.23. The molecule has 0 bridgehead atoms. The Morgan fingerprint density at radius 1 is 1.40 bits per heavy atom. The van der Waals surface area contributed by atoms with Gasteiger partial charge in [-0.15, -0.1) is 0 Å². The van der Waals surface area contributed by atoms with Crippen LogP contribution < -0.4 is 0 Å². The van der Waals surface area contributed by atoms with Crippen LogP contribution in [0.15, 0.2) is 16.5 Å². The van der Waals surface area contributed by atoms with Crippen LogP contribution in [-0.2, 0) is 11.2 Å². The highest BCUT2D eigenvalue weighted by Gasteiger charge is 2.16. The summed E-state index contributed by atoms with van der Waals surface area (Å²) in [5, 5.41) is 0. The molecule has 1 aromatic heterocycles. The minimum Gasteiger partial charge on any atom is -0.458 e. The number of hydrogen-bond donors (Lipinski definition) is 0. The largest absolute Gasteiger partial charge is 0.458 e. The SMILES string of the molecule is CC(=O)c1ccc(CC2CCOCC2)o1. The van der Waals surface area contributed by atoms with Crippen LogP contribution >= 0.6 is 0 Å². The van der Waals surface area contributed by atoms with Gasteiger partial charge in [0.05, 0.1) is 0 Å². The maximum Gasteiger partial charge on any atom is 0.194 e. The summed E-state index contributed by atoms with van der Waals surface area (Å²) in [7, 11) is 0. The van der Waals surface area contributed by atoms with E-state index in [-0.39, 0.29) is 5.78 Å². The molecule has 1 aromatic rings. The number of furan rings is 1. The van der Waals surface area contributed by atoms with E-state index in [0.717, 1.165) is 38.2 Å². The topological polar surface area (TPSA) is 39.4 Å². The molecule has 0 spiro atoms. The first kappa shape index (κ1) is 10.4. The smallest absolute Gasteiger partial charge is 0.194 e. The highest BCUT2D eigenvalue weighted by atomic mass is 16.5. The number of rotatable bonds is 3. The van der Waals surface area contributed by atoms with Crippen molar-refractivity contribution in [2.75, 3.05) is 13.2 Å². The van der Waals surface area contributed by atoms with Gasteiger partial charge in [0.25, 0.3) is 0 Å². The predicted octanol–water partition coefficient (Wildman–Crippen LogP) is 2.45. The van der Waals surface area contributed by atoms with Gasteiger partial charge in [-0.2, -0.15) is 0 Å². The van der Waals surface area contributed by atoms with Gasteiger partial charge in [0.2, 0.25) is 0 Å². The van der Waals surface area contributed by atoms with E-state index in [9.17, 15) is 4.79 Å². The summed E-state index contributed by atoms with van der Waals surface area (Å²) in [6.07, 6.45) is 3.11. The normalized spacial score (nSPS) is 17.9. The lowest BCUT2D eigenvalue weighted by Gasteiger charge is -2.20. The number of Topliss-reactive ketones (excluding diaryl/α,β-unsaturated/α-hetero) is 1. The summed E-state index contributed by atoms with van der Waals surface area (Å²) >= 11 is 0. The van der Waals surface area contributed by atoms with Crippen LogP contribution in [0.5, 0.6) is 0 Å². The van der Waals surface area contributed by atoms with Crippen molar-refractivity contribution in [3.63, 3.8) is 0 Å². The van der Waals surface area contributed by atoms with Crippen molar-refractivity contribution in [2.45, 2.75) is 26.2 Å². The zero-order chi connectivity index (χ0) is 10.7. The molecular weight excluding hydrogens is 192 g/mol. The molecule has 0 amide bonds. The van der Waals surface area contributed by atoms with Crippen molar-refractivity contribution in [3.8, 4) is 0 Å². The van der Waals surface area contributed by atoms with E-state index < -0.39 is 0 Å². The zero-order valence-corrected chi connectivity index (χ0v) is 8.99. The molecule has 1 saturated heterocycles.